The summed E-state index contributed by atoms with van der Waals surface area (Å²) in [4.78, 5) is 10.6. The Morgan fingerprint density at radius 3 is 2.65 bits per heavy atom. The minimum Gasteiger partial charge on any atom is -0.451 e. The van der Waals surface area contributed by atoms with Gasteiger partial charge in [-0.2, -0.15) is 0 Å². The lowest BCUT2D eigenvalue weighted by Crippen LogP contribution is -2.14. The quantitative estimate of drug-likeness (QED) is 0.682. The normalized spacial score (nSPS) is 13.6. The molecule has 0 spiro atoms. The monoisotopic (exact) mass is 265 g/mol. The van der Waals surface area contributed by atoms with E-state index in [-0.39, 0.29) is 0 Å². The molecule has 100 valence electrons. The van der Waals surface area contributed by atoms with Crippen LogP contribution in [0.3, 0.4) is 0 Å². The molecule has 0 saturated heterocycles. The highest BCUT2D eigenvalue weighted by Gasteiger charge is 2.20. The topological polar surface area (TPSA) is 42.2 Å². The van der Waals surface area contributed by atoms with Gasteiger partial charge in [-0.05, 0) is 43.0 Å². The van der Waals surface area contributed by atoms with E-state index in [4.69, 9.17) is 4.42 Å². The smallest absolute Gasteiger partial charge is 0.177 e. The highest BCUT2D eigenvalue weighted by molar-refractivity contribution is 5.74. The zero-order valence-corrected chi connectivity index (χ0v) is 11.1. The van der Waals surface area contributed by atoms with Crippen molar-refractivity contribution in [1.29, 1.82) is 0 Å². The van der Waals surface area contributed by atoms with E-state index in [1.54, 1.807) is 12.1 Å². The van der Waals surface area contributed by atoms with E-state index >= 15 is 0 Å². The first-order chi connectivity index (χ1) is 9.83. The second-order valence-corrected chi connectivity index (χ2v) is 4.91. The molecular weight excluding hydrogens is 250 g/mol. The molecule has 1 N–H and O–H groups in total. The van der Waals surface area contributed by atoms with E-state index in [0.29, 0.717) is 17.4 Å². The Kier molecular flexibility index (Phi) is 3.67. The lowest BCUT2D eigenvalue weighted by molar-refractivity contribution is 0.112. The van der Waals surface area contributed by atoms with Gasteiger partial charge in [-0.1, -0.05) is 18.1 Å². The first-order valence-electron chi connectivity index (χ1n) is 6.73. The Bertz CT molecular complexity index is 654. The van der Waals surface area contributed by atoms with Crippen LogP contribution in [0.4, 0.5) is 0 Å². The van der Waals surface area contributed by atoms with E-state index in [1.807, 2.05) is 24.3 Å². The van der Waals surface area contributed by atoms with Crippen molar-refractivity contribution in [1.82, 2.24) is 5.32 Å². The number of hydrogen-bond acceptors (Lipinski definition) is 3. The Labute approximate surface area is 118 Å². The molecule has 0 aliphatic heterocycles. The lowest BCUT2D eigenvalue weighted by Gasteiger charge is -1.97. The number of hydrogen-bond donors (Lipinski definition) is 1. The summed E-state index contributed by atoms with van der Waals surface area (Å²) in [6, 6.07) is 11.7. The maximum Gasteiger partial charge on any atom is 0.177 e. The molecule has 3 nitrogen and oxygen atoms in total. The molecule has 1 saturated carbocycles. The molecule has 0 bridgehead atoms. The lowest BCUT2D eigenvalue weighted by atomic mass is 10.1. The molecule has 1 aromatic heterocycles. The molecule has 0 amide bonds. The van der Waals surface area contributed by atoms with Crippen LogP contribution in [0, 0.1) is 11.8 Å². The van der Waals surface area contributed by atoms with E-state index < -0.39 is 0 Å². The minimum absolute atomic E-state index is 0.655. The fourth-order valence-corrected chi connectivity index (χ4v) is 1.85. The molecule has 0 radical (unpaired) electrons. The van der Waals surface area contributed by atoms with E-state index in [0.717, 1.165) is 24.2 Å². The van der Waals surface area contributed by atoms with Crippen LogP contribution < -0.4 is 5.32 Å². The predicted octanol–water partition coefficient (Wildman–Crippen LogP) is 2.74. The van der Waals surface area contributed by atoms with Crippen molar-refractivity contribution in [3.63, 3.8) is 0 Å². The van der Waals surface area contributed by atoms with Crippen molar-refractivity contribution in [2.45, 2.75) is 25.4 Å². The largest absolute Gasteiger partial charge is 0.451 e. The van der Waals surface area contributed by atoms with Crippen molar-refractivity contribution >= 4 is 6.29 Å². The van der Waals surface area contributed by atoms with Crippen molar-refractivity contribution < 1.29 is 9.21 Å². The second kappa shape index (κ2) is 5.77. The number of rotatable bonds is 4. The minimum atomic E-state index is 0.655. The van der Waals surface area contributed by atoms with Gasteiger partial charge in [0.2, 0.25) is 0 Å². The van der Waals surface area contributed by atoms with Crippen LogP contribution in [0.25, 0.3) is 0 Å². The maximum atomic E-state index is 10.6. The third-order valence-electron chi connectivity index (χ3n) is 3.18. The molecule has 0 unspecified atom stereocenters. The summed E-state index contributed by atoms with van der Waals surface area (Å²) in [5.41, 5.74) is 1.52. The summed E-state index contributed by atoms with van der Waals surface area (Å²) in [6.07, 6.45) is 3.36. The van der Waals surface area contributed by atoms with Gasteiger partial charge in [0.15, 0.2) is 5.76 Å². The van der Waals surface area contributed by atoms with Crippen molar-refractivity contribution in [2.75, 3.05) is 0 Å². The summed E-state index contributed by atoms with van der Waals surface area (Å²) in [5.74, 6) is 7.59. The molecule has 1 aromatic carbocycles. The van der Waals surface area contributed by atoms with E-state index in [2.05, 4.69) is 17.2 Å². The average molecular weight is 265 g/mol. The number of nitrogens with one attached hydrogen (secondary N) is 1. The van der Waals surface area contributed by atoms with Crippen LogP contribution in [0.5, 0.6) is 0 Å². The zero-order valence-electron chi connectivity index (χ0n) is 11.1. The summed E-state index contributed by atoms with van der Waals surface area (Å²) in [6.45, 7) is 0.764. The Morgan fingerprint density at radius 2 is 1.95 bits per heavy atom. The fourth-order valence-electron chi connectivity index (χ4n) is 1.85. The molecule has 1 fully saturated rings. The molecule has 2 aromatic rings. The van der Waals surface area contributed by atoms with Gasteiger partial charge in [0.05, 0.1) is 6.54 Å². The molecule has 0 atom stereocenters. The molecule has 1 aliphatic rings. The summed E-state index contributed by atoms with van der Waals surface area (Å²) in [7, 11) is 0. The number of carbonyl (C=O) groups is 1. The fraction of sp³-hybridized carbons (Fsp3) is 0.235. The second-order valence-electron chi connectivity index (χ2n) is 4.91. The van der Waals surface area contributed by atoms with Gasteiger partial charge >= 0.3 is 0 Å². The van der Waals surface area contributed by atoms with E-state index in [1.165, 1.54) is 12.8 Å². The van der Waals surface area contributed by atoms with E-state index in [9.17, 15) is 4.79 Å². The summed E-state index contributed by atoms with van der Waals surface area (Å²) in [5, 5.41) is 3.40. The SMILES string of the molecule is O=Cc1ccc(C#Cc2ccc(CNC3CC3)o2)cc1. The molecule has 3 heteroatoms. The number of aldehydes is 1. The van der Waals surface area contributed by atoms with Gasteiger partial charge in [0.1, 0.15) is 12.0 Å². The highest BCUT2D eigenvalue weighted by Crippen LogP contribution is 2.19. The van der Waals surface area contributed by atoms with Crippen LogP contribution in [0.15, 0.2) is 40.8 Å². The third kappa shape index (κ3) is 3.37. The van der Waals surface area contributed by atoms with Crippen molar-refractivity contribution in [3.8, 4) is 11.8 Å². The van der Waals surface area contributed by atoms with Crippen LogP contribution in [-0.4, -0.2) is 12.3 Å². The Balaban J connectivity index is 1.64. The van der Waals surface area contributed by atoms with Crippen molar-refractivity contribution in [3.05, 3.63) is 59.0 Å². The molecule has 1 heterocycles. The van der Waals surface area contributed by atoms with Crippen LogP contribution in [0.1, 0.15) is 40.3 Å². The Hall–Kier alpha value is -2.31. The highest BCUT2D eigenvalue weighted by atomic mass is 16.3. The molecule has 3 rings (SSSR count). The van der Waals surface area contributed by atoms with Gasteiger partial charge in [-0.15, -0.1) is 0 Å². The van der Waals surface area contributed by atoms with Crippen molar-refractivity contribution in [2.24, 2.45) is 0 Å². The van der Waals surface area contributed by atoms with Gasteiger partial charge < -0.3 is 9.73 Å². The van der Waals surface area contributed by atoms with Gasteiger partial charge in [0.25, 0.3) is 0 Å². The van der Waals surface area contributed by atoms with Gasteiger partial charge in [-0.3, -0.25) is 4.79 Å². The first-order valence-corrected chi connectivity index (χ1v) is 6.73. The van der Waals surface area contributed by atoms with Crippen LogP contribution in [0.2, 0.25) is 0 Å². The summed E-state index contributed by atoms with van der Waals surface area (Å²) < 4.78 is 5.64. The van der Waals surface area contributed by atoms with Gasteiger partial charge in [-0.25, -0.2) is 0 Å². The number of furan rings is 1. The molecule has 20 heavy (non-hydrogen) atoms. The van der Waals surface area contributed by atoms with Gasteiger partial charge in [0, 0.05) is 17.2 Å². The summed E-state index contributed by atoms with van der Waals surface area (Å²) >= 11 is 0. The zero-order chi connectivity index (χ0) is 13.8. The standard InChI is InChI=1S/C17H15NO2/c19-12-14-3-1-13(2-4-14)5-8-16-9-10-17(20-16)11-18-15-6-7-15/h1-4,9-10,12,15,18H,6-7,11H2. The number of benzene rings is 1. The molecule has 1 aliphatic carbocycles. The predicted molar refractivity (Wildman–Crippen MR) is 76.4 cm³/mol. The maximum absolute atomic E-state index is 10.6. The molecular formula is C17H15NO2. The Morgan fingerprint density at radius 1 is 1.15 bits per heavy atom. The number of carbonyl (C=O) groups excluding carboxylic acids is 1. The van der Waals surface area contributed by atoms with Crippen LogP contribution in [-0.2, 0) is 6.54 Å². The third-order valence-corrected chi connectivity index (χ3v) is 3.18. The average Bonchev–Trinajstić information content (AvgIpc) is 3.22. The van der Waals surface area contributed by atoms with Crippen LogP contribution >= 0.6 is 0 Å². The first kappa shape index (κ1) is 12.7.